The Morgan fingerprint density at radius 3 is 3.00 bits per heavy atom. The van der Waals surface area contributed by atoms with Gasteiger partial charge in [0.1, 0.15) is 5.76 Å². The van der Waals surface area contributed by atoms with Crippen molar-refractivity contribution < 1.29 is 14.4 Å². The third kappa shape index (κ3) is 4.05. The van der Waals surface area contributed by atoms with Crippen LogP contribution in [-0.4, -0.2) is 30.1 Å². The molecule has 0 aliphatic carbocycles. The molecular formula is C9H15NO3. The van der Waals surface area contributed by atoms with Gasteiger partial charge >= 0.3 is 0 Å². The molecule has 1 heterocycles. The van der Waals surface area contributed by atoms with E-state index in [0.29, 0.717) is 19.6 Å². The van der Waals surface area contributed by atoms with E-state index in [1.165, 1.54) is 0 Å². The second-order valence-corrected chi connectivity index (χ2v) is 2.87. The highest BCUT2D eigenvalue weighted by Crippen LogP contribution is 2.02. The number of nitrogens with zero attached hydrogens (tertiary/aromatic N) is 1. The fourth-order valence-corrected chi connectivity index (χ4v) is 0.981. The van der Waals surface area contributed by atoms with Crippen LogP contribution in [0.1, 0.15) is 17.9 Å². The number of rotatable bonds is 6. The van der Waals surface area contributed by atoms with Crippen LogP contribution < -0.4 is 0 Å². The zero-order chi connectivity index (χ0) is 9.52. The summed E-state index contributed by atoms with van der Waals surface area (Å²) in [5, 5.41) is 12.3. The van der Waals surface area contributed by atoms with E-state index in [-0.39, 0.29) is 6.61 Å². The third-order valence-electron chi connectivity index (χ3n) is 1.63. The fourth-order valence-electron chi connectivity index (χ4n) is 0.981. The number of aromatic nitrogens is 1. The van der Waals surface area contributed by atoms with E-state index < -0.39 is 0 Å². The summed E-state index contributed by atoms with van der Waals surface area (Å²) in [6, 6.07) is 1.90. The number of ether oxygens (including phenoxy) is 1. The molecule has 1 rings (SSSR count). The van der Waals surface area contributed by atoms with Crippen molar-refractivity contribution in [1.82, 2.24) is 5.16 Å². The first-order chi connectivity index (χ1) is 6.33. The Kier molecular flexibility index (Phi) is 4.49. The Labute approximate surface area is 77.5 Å². The molecule has 0 amide bonds. The maximum absolute atomic E-state index is 8.48. The average Bonchev–Trinajstić information content (AvgIpc) is 2.51. The molecule has 0 aliphatic rings. The van der Waals surface area contributed by atoms with Crippen molar-refractivity contribution in [3.8, 4) is 0 Å². The minimum atomic E-state index is 0.184. The van der Waals surface area contributed by atoms with Gasteiger partial charge in [-0.3, -0.25) is 0 Å². The second-order valence-electron chi connectivity index (χ2n) is 2.87. The van der Waals surface area contributed by atoms with Gasteiger partial charge in [-0.25, -0.2) is 0 Å². The minimum absolute atomic E-state index is 0.184. The molecule has 74 valence electrons. The molecule has 1 aromatic heterocycles. The van der Waals surface area contributed by atoms with Gasteiger partial charge in [-0.1, -0.05) is 5.16 Å². The van der Waals surface area contributed by atoms with Crippen molar-refractivity contribution in [2.45, 2.75) is 19.8 Å². The van der Waals surface area contributed by atoms with Crippen LogP contribution >= 0.6 is 0 Å². The zero-order valence-electron chi connectivity index (χ0n) is 7.82. The molecule has 0 radical (unpaired) electrons. The van der Waals surface area contributed by atoms with Gasteiger partial charge in [0.25, 0.3) is 0 Å². The molecule has 0 unspecified atom stereocenters. The van der Waals surface area contributed by atoms with Gasteiger partial charge in [0.15, 0.2) is 0 Å². The van der Waals surface area contributed by atoms with Crippen molar-refractivity contribution in [3.05, 3.63) is 17.5 Å². The van der Waals surface area contributed by atoms with Gasteiger partial charge in [-0.2, -0.15) is 0 Å². The predicted molar refractivity (Wildman–Crippen MR) is 47.5 cm³/mol. The highest BCUT2D eigenvalue weighted by molar-refractivity contribution is 5.03. The molecule has 13 heavy (non-hydrogen) atoms. The molecule has 0 saturated carbocycles. The minimum Gasteiger partial charge on any atom is -0.396 e. The summed E-state index contributed by atoms with van der Waals surface area (Å²) in [7, 11) is 0. The van der Waals surface area contributed by atoms with Crippen LogP contribution in [0.5, 0.6) is 0 Å². The van der Waals surface area contributed by atoms with Crippen LogP contribution in [0.3, 0.4) is 0 Å². The SMILES string of the molecule is Cc1cc(CCOCCCO)no1. The van der Waals surface area contributed by atoms with E-state index in [4.69, 9.17) is 14.4 Å². The third-order valence-corrected chi connectivity index (χ3v) is 1.63. The quantitative estimate of drug-likeness (QED) is 0.670. The van der Waals surface area contributed by atoms with Crippen LogP contribution in [0.25, 0.3) is 0 Å². The lowest BCUT2D eigenvalue weighted by molar-refractivity contribution is 0.117. The first-order valence-corrected chi connectivity index (χ1v) is 4.43. The van der Waals surface area contributed by atoms with Crippen LogP contribution in [-0.2, 0) is 11.2 Å². The molecule has 4 heteroatoms. The first kappa shape index (κ1) is 10.2. The molecule has 0 aromatic carbocycles. The molecule has 0 aliphatic heterocycles. The van der Waals surface area contributed by atoms with Gasteiger partial charge in [-0.15, -0.1) is 0 Å². The van der Waals surface area contributed by atoms with Gasteiger partial charge in [0, 0.05) is 25.7 Å². The summed E-state index contributed by atoms with van der Waals surface area (Å²) < 4.78 is 10.1. The zero-order valence-corrected chi connectivity index (χ0v) is 7.82. The summed E-state index contributed by atoms with van der Waals surface area (Å²) in [6.45, 7) is 3.28. The van der Waals surface area contributed by atoms with Gasteiger partial charge in [-0.05, 0) is 13.3 Å². The van der Waals surface area contributed by atoms with Crippen LogP contribution in [0.2, 0.25) is 0 Å². The molecule has 0 fully saturated rings. The lowest BCUT2D eigenvalue weighted by Gasteiger charge is -1.99. The molecule has 0 saturated heterocycles. The fraction of sp³-hybridized carbons (Fsp3) is 0.667. The monoisotopic (exact) mass is 185 g/mol. The molecule has 0 spiro atoms. The summed E-state index contributed by atoms with van der Waals surface area (Å²) in [6.07, 6.45) is 1.46. The summed E-state index contributed by atoms with van der Waals surface area (Å²) >= 11 is 0. The topological polar surface area (TPSA) is 55.5 Å². The van der Waals surface area contributed by atoms with E-state index in [2.05, 4.69) is 5.16 Å². The van der Waals surface area contributed by atoms with E-state index in [0.717, 1.165) is 17.9 Å². The Morgan fingerprint density at radius 1 is 1.54 bits per heavy atom. The predicted octanol–water partition coefficient (Wildman–Crippen LogP) is 0.925. The molecular weight excluding hydrogens is 170 g/mol. The molecule has 1 aromatic rings. The summed E-state index contributed by atoms with van der Waals surface area (Å²) in [4.78, 5) is 0. The van der Waals surface area contributed by atoms with Crippen molar-refractivity contribution >= 4 is 0 Å². The van der Waals surface area contributed by atoms with Gasteiger partial charge < -0.3 is 14.4 Å². The standard InChI is InChI=1S/C9H15NO3/c1-8-7-9(10-13-8)3-6-12-5-2-4-11/h7,11H,2-6H2,1H3. The van der Waals surface area contributed by atoms with Crippen molar-refractivity contribution in [3.63, 3.8) is 0 Å². The molecule has 0 atom stereocenters. The summed E-state index contributed by atoms with van der Waals surface area (Å²) in [5.41, 5.74) is 0.918. The van der Waals surface area contributed by atoms with Crippen LogP contribution in [0.15, 0.2) is 10.6 Å². The van der Waals surface area contributed by atoms with E-state index in [9.17, 15) is 0 Å². The van der Waals surface area contributed by atoms with Crippen molar-refractivity contribution in [1.29, 1.82) is 0 Å². The maximum Gasteiger partial charge on any atom is 0.133 e. The first-order valence-electron chi connectivity index (χ1n) is 4.43. The lowest BCUT2D eigenvalue weighted by Crippen LogP contribution is -2.01. The van der Waals surface area contributed by atoms with Crippen molar-refractivity contribution in [2.75, 3.05) is 19.8 Å². The average molecular weight is 185 g/mol. The Bertz CT molecular complexity index is 235. The van der Waals surface area contributed by atoms with E-state index in [1.807, 2.05) is 13.0 Å². The van der Waals surface area contributed by atoms with Crippen LogP contribution in [0, 0.1) is 6.92 Å². The number of hydrogen-bond donors (Lipinski definition) is 1. The molecule has 1 N–H and O–H groups in total. The number of aliphatic hydroxyl groups excluding tert-OH is 1. The Morgan fingerprint density at radius 2 is 2.38 bits per heavy atom. The maximum atomic E-state index is 8.48. The smallest absolute Gasteiger partial charge is 0.133 e. The second kappa shape index (κ2) is 5.72. The van der Waals surface area contributed by atoms with E-state index in [1.54, 1.807) is 0 Å². The van der Waals surface area contributed by atoms with Crippen molar-refractivity contribution in [2.24, 2.45) is 0 Å². The highest BCUT2D eigenvalue weighted by atomic mass is 16.5. The van der Waals surface area contributed by atoms with E-state index >= 15 is 0 Å². The molecule has 4 nitrogen and oxygen atoms in total. The number of aliphatic hydroxyl groups is 1. The normalized spacial score (nSPS) is 10.6. The van der Waals surface area contributed by atoms with Crippen LogP contribution in [0.4, 0.5) is 0 Å². The highest BCUT2D eigenvalue weighted by Gasteiger charge is 1.99. The summed E-state index contributed by atoms with van der Waals surface area (Å²) in [5.74, 6) is 0.824. The lowest BCUT2D eigenvalue weighted by atomic mass is 10.3. The number of hydrogen-bond acceptors (Lipinski definition) is 4. The van der Waals surface area contributed by atoms with Gasteiger partial charge in [0.05, 0.1) is 12.3 Å². The Balaban J connectivity index is 2.06. The Hall–Kier alpha value is -0.870. The largest absolute Gasteiger partial charge is 0.396 e. The van der Waals surface area contributed by atoms with Gasteiger partial charge in [0.2, 0.25) is 0 Å². The number of aryl methyl sites for hydroxylation is 1. The molecule has 0 bridgehead atoms.